The van der Waals surface area contributed by atoms with Gasteiger partial charge < -0.3 is 20.3 Å². The fourth-order valence-electron chi connectivity index (χ4n) is 1.56. The molecule has 1 aliphatic rings. The number of nitrogens with two attached hydrogens (primary N) is 1. The standard InChI is InChI=1S/C9H15N3O3/c1-12-8(7(10)2-11-12)9-14-4-6(3-13)5-15-9/h2,6,9,13H,3-5,10H2,1H3/t6-,9+. The van der Waals surface area contributed by atoms with Gasteiger partial charge in [0.25, 0.3) is 0 Å². The number of ether oxygens (including phenoxy) is 2. The van der Waals surface area contributed by atoms with Crippen LogP contribution in [0.4, 0.5) is 5.69 Å². The van der Waals surface area contributed by atoms with E-state index in [2.05, 4.69) is 5.10 Å². The lowest BCUT2D eigenvalue weighted by Crippen LogP contribution is -2.30. The van der Waals surface area contributed by atoms with Gasteiger partial charge in [0.2, 0.25) is 6.29 Å². The van der Waals surface area contributed by atoms with Crippen molar-refractivity contribution < 1.29 is 14.6 Å². The Hall–Kier alpha value is -1.11. The maximum Gasteiger partial charge on any atom is 0.202 e. The predicted molar refractivity (Wildman–Crippen MR) is 52.8 cm³/mol. The van der Waals surface area contributed by atoms with Crippen LogP contribution in [0.2, 0.25) is 0 Å². The maximum atomic E-state index is 8.91. The summed E-state index contributed by atoms with van der Waals surface area (Å²) in [7, 11) is 1.79. The molecule has 1 aromatic heterocycles. The summed E-state index contributed by atoms with van der Waals surface area (Å²) >= 11 is 0. The molecule has 15 heavy (non-hydrogen) atoms. The Bertz CT molecular complexity index is 312. The van der Waals surface area contributed by atoms with Crippen LogP contribution in [0.1, 0.15) is 12.0 Å². The number of hydrogen-bond donors (Lipinski definition) is 2. The molecule has 0 saturated carbocycles. The first kappa shape index (κ1) is 10.4. The normalized spacial score (nSPS) is 26.8. The highest BCUT2D eigenvalue weighted by Crippen LogP contribution is 2.28. The number of nitrogens with zero attached hydrogens (tertiary/aromatic N) is 2. The van der Waals surface area contributed by atoms with Gasteiger partial charge in [-0.3, -0.25) is 4.68 Å². The van der Waals surface area contributed by atoms with Crippen molar-refractivity contribution in [3.05, 3.63) is 11.9 Å². The number of aromatic nitrogens is 2. The van der Waals surface area contributed by atoms with E-state index in [1.807, 2.05) is 0 Å². The summed E-state index contributed by atoms with van der Waals surface area (Å²) in [5.74, 6) is 0.0516. The van der Waals surface area contributed by atoms with Gasteiger partial charge in [0.1, 0.15) is 5.69 Å². The molecular formula is C9H15N3O3. The summed E-state index contributed by atoms with van der Waals surface area (Å²) in [4.78, 5) is 0. The minimum atomic E-state index is -0.472. The van der Waals surface area contributed by atoms with Crippen molar-refractivity contribution in [1.29, 1.82) is 0 Å². The van der Waals surface area contributed by atoms with Gasteiger partial charge in [-0.1, -0.05) is 0 Å². The third-order valence-electron chi connectivity index (χ3n) is 2.46. The molecule has 0 atom stereocenters. The van der Waals surface area contributed by atoms with Gasteiger partial charge in [-0.25, -0.2) is 0 Å². The highest BCUT2D eigenvalue weighted by molar-refractivity contribution is 5.41. The van der Waals surface area contributed by atoms with Crippen LogP contribution >= 0.6 is 0 Å². The number of aliphatic hydroxyl groups excluding tert-OH is 1. The zero-order valence-corrected chi connectivity index (χ0v) is 8.59. The molecule has 3 N–H and O–H groups in total. The minimum absolute atomic E-state index is 0.0516. The predicted octanol–water partition coefficient (Wildman–Crippen LogP) is -0.344. The smallest absolute Gasteiger partial charge is 0.202 e. The van der Waals surface area contributed by atoms with Gasteiger partial charge in [0, 0.05) is 13.0 Å². The van der Waals surface area contributed by atoms with Crippen LogP contribution in [0.15, 0.2) is 6.20 Å². The first-order valence-corrected chi connectivity index (χ1v) is 4.83. The van der Waals surface area contributed by atoms with Gasteiger partial charge in [-0.15, -0.1) is 0 Å². The van der Waals surface area contributed by atoms with Crippen LogP contribution in [0.25, 0.3) is 0 Å². The van der Waals surface area contributed by atoms with E-state index in [0.29, 0.717) is 18.9 Å². The average molecular weight is 213 g/mol. The summed E-state index contributed by atoms with van der Waals surface area (Å²) in [6.07, 6.45) is 1.10. The van der Waals surface area contributed by atoms with Crippen LogP contribution in [-0.4, -0.2) is 34.7 Å². The van der Waals surface area contributed by atoms with Crippen molar-refractivity contribution in [2.24, 2.45) is 13.0 Å². The number of anilines is 1. The molecule has 2 rings (SSSR count). The number of nitrogen functional groups attached to an aromatic ring is 1. The zero-order valence-electron chi connectivity index (χ0n) is 8.59. The zero-order chi connectivity index (χ0) is 10.8. The summed E-state index contributed by atoms with van der Waals surface area (Å²) < 4.78 is 12.6. The van der Waals surface area contributed by atoms with Gasteiger partial charge in [-0.05, 0) is 0 Å². The van der Waals surface area contributed by atoms with Crippen molar-refractivity contribution in [1.82, 2.24) is 9.78 Å². The Kier molecular flexibility index (Phi) is 2.90. The van der Waals surface area contributed by atoms with Gasteiger partial charge in [0.15, 0.2) is 0 Å². The molecule has 2 heterocycles. The Morgan fingerprint density at radius 2 is 2.27 bits per heavy atom. The molecule has 0 aromatic carbocycles. The fraction of sp³-hybridized carbons (Fsp3) is 0.667. The first-order valence-electron chi connectivity index (χ1n) is 4.83. The molecule has 0 aliphatic carbocycles. The second-order valence-corrected chi connectivity index (χ2v) is 3.66. The number of rotatable bonds is 2. The van der Waals surface area contributed by atoms with Gasteiger partial charge >= 0.3 is 0 Å². The van der Waals surface area contributed by atoms with Crippen molar-refractivity contribution >= 4 is 5.69 Å². The molecule has 0 bridgehead atoms. The first-order chi connectivity index (χ1) is 7.22. The van der Waals surface area contributed by atoms with E-state index in [1.54, 1.807) is 17.9 Å². The third-order valence-corrected chi connectivity index (χ3v) is 2.46. The molecule has 1 fully saturated rings. The van der Waals surface area contributed by atoms with Crippen LogP contribution in [0, 0.1) is 5.92 Å². The monoisotopic (exact) mass is 213 g/mol. The van der Waals surface area contributed by atoms with Crippen LogP contribution < -0.4 is 5.73 Å². The minimum Gasteiger partial charge on any atom is -0.396 e. The van der Waals surface area contributed by atoms with Gasteiger partial charge in [0.05, 0.1) is 31.7 Å². The van der Waals surface area contributed by atoms with Crippen LogP contribution in [0.5, 0.6) is 0 Å². The van der Waals surface area contributed by atoms with Crippen LogP contribution in [0.3, 0.4) is 0 Å². The van der Waals surface area contributed by atoms with Crippen molar-refractivity contribution in [2.45, 2.75) is 6.29 Å². The summed E-state index contributed by atoms with van der Waals surface area (Å²) in [5.41, 5.74) is 7.03. The number of aryl methyl sites for hydroxylation is 1. The van der Waals surface area contributed by atoms with Crippen LogP contribution in [-0.2, 0) is 16.5 Å². The lowest BCUT2D eigenvalue weighted by atomic mass is 10.2. The lowest BCUT2D eigenvalue weighted by molar-refractivity contribution is -0.212. The number of aliphatic hydroxyl groups is 1. The molecule has 1 saturated heterocycles. The van der Waals surface area contributed by atoms with E-state index in [4.69, 9.17) is 20.3 Å². The van der Waals surface area contributed by atoms with E-state index >= 15 is 0 Å². The largest absolute Gasteiger partial charge is 0.396 e. The summed E-state index contributed by atoms with van der Waals surface area (Å²) in [5, 5.41) is 12.9. The van der Waals surface area contributed by atoms with E-state index in [0.717, 1.165) is 5.69 Å². The second kappa shape index (κ2) is 4.18. The Labute approximate surface area is 87.6 Å². The second-order valence-electron chi connectivity index (χ2n) is 3.66. The SMILES string of the molecule is Cn1ncc(N)c1[C@H]1OC[C@@H](CO)CO1. The fourth-order valence-corrected chi connectivity index (χ4v) is 1.56. The quantitative estimate of drug-likeness (QED) is 0.702. The highest BCUT2D eigenvalue weighted by atomic mass is 16.7. The Balaban J connectivity index is 2.07. The van der Waals surface area contributed by atoms with E-state index < -0.39 is 6.29 Å². The molecule has 6 nitrogen and oxygen atoms in total. The molecule has 0 amide bonds. The van der Waals surface area contributed by atoms with E-state index in [1.165, 1.54) is 0 Å². The average Bonchev–Trinajstić information content (AvgIpc) is 2.59. The van der Waals surface area contributed by atoms with Crippen molar-refractivity contribution in [2.75, 3.05) is 25.6 Å². The molecule has 0 radical (unpaired) electrons. The maximum absolute atomic E-state index is 8.91. The lowest BCUT2D eigenvalue weighted by Gasteiger charge is -2.28. The van der Waals surface area contributed by atoms with Gasteiger partial charge in [-0.2, -0.15) is 5.10 Å². The molecule has 84 valence electrons. The molecule has 0 spiro atoms. The van der Waals surface area contributed by atoms with E-state index in [9.17, 15) is 0 Å². The molecular weight excluding hydrogens is 198 g/mol. The molecule has 0 unspecified atom stereocenters. The van der Waals surface area contributed by atoms with E-state index in [-0.39, 0.29) is 12.5 Å². The Morgan fingerprint density at radius 1 is 1.60 bits per heavy atom. The third kappa shape index (κ3) is 1.97. The summed E-state index contributed by atoms with van der Waals surface area (Å²) in [6, 6.07) is 0. The molecule has 1 aliphatic heterocycles. The van der Waals surface area contributed by atoms with Crippen molar-refractivity contribution in [3.63, 3.8) is 0 Å². The molecule has 1 aromatic rings. The topological polar surface area (TPSA) is 82.5 Å². The molecule has 6 heteroatoms. The van der Waals surface area contributed by atoms with Crippen molar-refractivity contribution in [3.8, 4) is 0 Å². The number of hydrogen-bond acceptors (Lipinski definition) is 5. The highest BCUT2D eigenvalue weighted by Gasteiger charge is 2.26. The Morgan fingerprint density at radius 3 is 2.73 bits per heavy atom. The summed E-state index contributed by atoms with van der Waals surface area (Å²) in [6.45, 7) is 1.03.